The van der Waals surface area contributed by atoms with Crippen molar-refractivity contribution in [2.24, 2.45) is 16.1 Å². The fraction of sp³-hybridized carbons (Fsp3) is 0.269. The van der Waals surface area contributed by atoms with E-state index in [9.17, 15) is 9.90 Å². The van der Waals surface area contributed by atoms with Crippen LogP contribution in [0.4, 0.5) is 11.4 Å². The van der Waals surface area contributed by atoms with Gasteiger partial charge in [-0.2, -0.15) is 5.11 Å². The topological polar surface area (TPSA) is 65.3 Å². The average molecular weight is 414 g/mol. The highest BCUT2D eigenvalue weighted by molar-refractivity contribution is 5.92. The summed E-state index contributed by atoms with van der Waals surface area (Å²) < 4.78 is 0. The van der Waals surface area contributed by atoms with Crippen LogP contribution in [-0.4, -0.2) is 35.6 Å². The van der Waals surface area contributed by atoms with Gasteiger partial charge in [-0.1, -0.05) is 60.7 Å². The Morgan fingerprint density at radius 1 is 1.03 bits per heavy atom. The van der Waals surface area contributed by atoms with Gasteiger partial charge in [-0.25, -0.2) is 0 Å². The molecule has 3 aromatic carbocycles. The number of nitrogens with zero attached hydrogens (tertiary/aromatic N) is 3. The van der Waals surface area contributed by atoms with Crippen LogP contribution < -0.4 is 0 Å². The molecular weight excluding hydrogens is 386 g/mol. The Bertz CT molecular complexity index is 1080. The van der Waals surface area contributed by atoms with E-state index < -0.39 is 5.97 Å². The smallest absolute Gasteiger partial charge is 0.307 e. The van der Waals surface area contributed by atoms with Crippen LogP contribution in [0.3, 0.4) is 0 Å². The number of azo groups is 1. The lowest BCUT2D eigenvalue weighted by molar-refractivity contribution is -0.143. The molecule has 0 spiro atoms. The van der Waals surface area contributed by atoms with Gasteiger partial charge in [-0.05, 0) is 55.0 Å². The summed E-state index contributed by atoms with van der Waals surface area (Å²) in [6, 6.07) is 22.2. The van der Waals surface area contributed by atoms with Gasteiger partial charge in [0.05, 0.1) is 17.3 Å². The normalized spacial score (nSPS) is 17.6. The summed E-state index contributed by atoms with van der Waals surface area (Å²) in [5.41, 5.74) is 2.80. The van der Waals surface area contributed by atoms with Crippen LogP contribution in [0.5, 0.6) is 0 Å². The molecule has 1 fully saturated rings. The maximum absolute atomic E-state index is 11.2. The minimum atomic E-state index is -0.669. The average Bonchev–Trinajstić information content (AvgIpc) is 2.81. The molecule has 0 bridgehead atoms. The molecule has 1 heterocycles. The van der Waals surface area contributed by atoms with Crippen LogP contribution >= 0.6 is 0 Å². The summed E-state index contributed by atoms with van der Waals surface area (Å²) in [6.45, 7) is 2.56. The Labute approximate surface area is 182 Å². The monoisotopic (exact) mass is 413 g/mol. The molecule has 31 heavy (non-hydrogen) atoms. The number of hydrogen-bond donors (Lipinski definition) is 1. The van der Waals surface area contributed by atoms with Gasteiger partial charge in [0, 0.05) is 18.5 Å². The van der Waals surface area contributed by atoms with E-state index in [1.807, 2.05) is 48.5 Å². The van der Waals surface area contributed by atoms with Crippen LogP contribution in [0.15, 0.2) is 83.0 Å². The molecule has 3 aromatic rings. The van der Waals surface area contributed by atoms with E-state index in [0.29, 0.717) is 6.54 Å². The molecule has 5 nitrogen and oxygen atoms in total. The van der Waals surface area contributed by atoms with E-state index in [0.717, 1.165) is 60.1 Å². The molecule has 1 unspecified atom stereocenters. The van der Waals surface area contributed by atoms with Crippen molar-refractivity contribution in [3.63, 3.8) is 0 Å². The fourth-order valence-corrected chi connectivity index (χ4v) is 4.00. The van der Waals surface area contributed by atoms with Crippen molar-refractivity contribution in [3.8, 4) is 0 Å². The summed E-state index contributed by atoms with van der Waals surface area (Å²) >= 11 is 0. The molecule has 0 radical (unpaired) electrons. The predicted octanol–water partition coefficient (Wildman–Crippen LogP) is 6.46. The van der Waals surface area contributed by atoms with Gasteiger partial charge < -0.3 is 10.0 Å². The largest absolute Gasteiger partial charge is 0.481 e. The molecule has 1 atom stereocenters. The SMILES string of the molecule is O=C(O)C1CCCN(CC/C=C/c2ccc(N=Nc3cccc4ccccc34)cc2)C1. The summed E-state index contributed by atoms with van der Waals surface area (Å²) in [5.74, 6) is -0.883. The number of carboxylic acid groups (broad SMARTS) is 1. The number of piperidine rings is 1. The van der Waals surface area contributed by atoms with Crippen molar-refractivity contribution in [1.29, 1.82) is 0 Å². The molecule has 0 aliphatic carbocycles. The number of carboxylic acids is 1. The van der Waals surface area contributed by atoms with Crippen LogP contribution in [0.25, 0.3) is 16.8 Å². The van der Waals surface area contributed by atoms with E-state index in [1.165, 1.54) is 0 Å². The summed E-state index contributed by atoms with van der Waals surface area (Å²) in [6.07, 6.45) is 6.93. The third kappa shape index (κ3) is 5.64. The Morgan fingerprint density at radius 2 is 1.84 bits per heavy atom. The van der Waals surface area contributed by atoms with Gasteiger partial charge in [0.1, 0.15) is 0 Å². The number of aliphatic carboxylic acids is 1. The van der Waals surface area contributed by atoms with E-state index >= 15 is 0 Å². The number of hydrogen-bond acceptors (Lipinski definition) is 4. The van der Waals surface area contributed by atoms with Gasteiger partial charge in [-0.15, -0.1) is 5.11 Å². The van der Waals surface area contributed by atoms with E-state index in [-0.39, 0.29) is 5.92 Å². The Morgan fingerprint density at radius 3 is 2.68 bits per heavy atom. The lowest BCUT2D eigenvalue weighted by atomic mass is 9.98. The van der Waals surface area contributed by atoms with Crippen molar-refractivity contribution < 1.29 is 9.90 Å². The van der Waals surface area contributed by atoms with Crippen LogP contribution in [-0.2, 0) is 4.79 Å². The Balaban J connectivity index is 1.31. The first-order valence-corrected chi connectivity index (χ1v) is 10.8. The lowest BCUT2D eigenvalue weighted by Crippen LogP contribution is -2.38. The van der Waals surface area contributed by atoms with Crippen molar-refractivity contribution >= 4 is 34.2 Å². The summed E-state index contributed by atoms with van der Waals surface area (Å²) in [4.78, 5) is 13.4. The Hall–Kier alpha value is -3.31. The van der Waals surface area contributed by atoms with Crippen molar-refractivity contribution in [1.82, 2.24) is 4.90 Å². The third-order valence-electron chi connectivity index (χ3n) is 5.71. The van der Waals surface area contributed by atoms with Crippen molar-refractivity contribution in [3.05, 3.63) is 78.4 Å². The molecule has 158 valence electrons. The minimum Gasteiger partial charge on any atom is -0.481 e. The first kappa shape index (κ1) is 20.9. The molecule has 5 heteroatoms. The standard InChI is InChI=1S/C26H27N3O2/c30-26(31)22-10-6-18-29(19-22)17-4-3-7-20-13-15-23(16-14-20)27-28-25-12-5-9-21-8-1-2-11-24(21)25/h1-3,5,7-9,11-16,22H,4,6,10,17-19H2,(H,30,31)/b7-3+,28-27?. The van der Waals surface area contributed by atoms with E-state index in [1.54, 1.807) is 0 Å². The maximum atomic E-state index is 11.2. The van der Waals surface area contributed by atoms with Crippen LogP contribution in [0.1, 0.15) is 24.8 Å². The van der Waals surface area contributed by atoms with Gasteiger partial charge in [0.15, 0.2) is 0 Å². The third-order valence-corrected chi connectivity index (χ3v) is 5.71. The zero-order valence-corrected chi connectivity index (χ0v) is 17.5. The fourth-order valence-electron chi connectivity index (χ4n) is 4.00. The number of likely N-dealkylation sites (tertiary alicyclic amines) is 1. The molecule has 1 aliphatic heterocycles. The molecule has 0 aromatic heterocycles. The maximum Gasteiger partial charge on any atom is 0.307 e. The zero-order valence-electron chi connectivity index (χ0n) is 17.5. The highest BCUT2D eigenvalue weighted by Gasteiger charge is 2.24. The molecule has 4 rings (SSSR count). The van der Waals surface area contributed by atoms with E-state index in [4.69, 9.17) is 0 Å². The molecule has 0 saturated carbocycles. The van der Waals surface area contributed by atoms with Crippen molar-refractivity contribution in [2.75, 3.05) is 19.6 Å². The molecular formula is C26H27N3O2. The number of benzene rings is 3. The second-order valence-electron chi connectivity index (χ2n) is 7.96. The first-order chi connectivity index (χ1) is 15.2. The molecule has 0 amide bonds. The highest BCUT2D eigenvalue weighted by Crippen LogP contribution is 2.27. The van der Waals surface area contributed by atoms with Gasteiger partial charge in [-0.3, -0.25) is 4.79 Å². The Kier molecular flexibility index (Phi) is 6.85. The second-order valence-corrected chi connectivity index (χ2v) is 7.96. The van der Waals surface area contributed by atoms with Gasteiger partial charge in [0.25, 0.3) is 0 Å². The van der Waals surface area contributed by atoms with Gasteiger partial charge in [0.2, 0.25) is 0 Å². The van der Waals surface area contributed by atoms with Crippen LogP contribution in [0, 0.1) is 5.92 Å². The highest BCUT2D eigenvalue weighted by atomic mass is 16.4. The quantitative estimate of drug-likeness (QED) is 0.452. The summed E-state index contributed by atoms with van der Waals surface area (Å²) in [7, 11) is 0. The minimum absolute atomic E-state index is 0.215. The predicted molar refractivity (Wildman–Crippen MR) is 125 cm³/mol. The first-order valence-electron chi connectivity index (χ1n) is 10.8. The van der Waals surface area contributed by atoms with Crippen molar-refractivity contribution in [2.45, 2.75) is 19.3 Å². The molecule has 1 N–H and O–H groups in total. The number of carbonyl (C=O) groups is 1. The summed E-state index contributed by atoms with van der Waals surface area (Å²) in [5, 5.41) is 20.3. The molecule has 1 aliphatic rings. The second kappa shape index (κ2) is 10.1. The number of fused-ring (bicyclic) bond motifs is 1. The zero-order chi connectivity index (χ0) is 21.5. The lowest BCUT2D eigenvalue weighted by Gasteiger charge is -2.30. The van der Waals surface area contributed by atoms with Gasteiger partial charge >= 0.3 is 5.97 Å². The number of rotatable bonds is 7. The van der Waals surface area contributed by atoms with Crippen LogP contribution in [0.2, 0.25) is 0 Å². The molecule has 1 saturated heterocycles. The van der Waals surface area contributed by atoms with E-state index in [2.05, 4.69) is 45.5 Å².